The van der Waals surface area contributed by atoms with Gasteiger partial charge in [-0.3, -0.25) is 9.59 Å². The van der Waals surface area contributed by atoms with Crippen molar-refractivity contribution in [3.63, 3.8) is 0 Å². The molecule has 0 saturated carbocycles. The summed E-state index contributed by atoms with van der Waals surface area (Å²) in [5, 5.41) is 0. The van der Waals surface area contributed by atoms with Gasteiger partial charge >= 0.3 is 6.18 Å². The molecule has 1 amide bonds. The van der Waals surface area contributed by atoms with E-state index in [9.17, 15) is 22.8 Å². The molecule has 1 aliphatic heterocycles. The van der Waals surface area contributed by atoms with Crippen molar-refractivity contribution >= 4 is 17.4 Å². The number of halogens is 3. The van der Waals surface area contributed by atoms with E-state index in [1.165, 1.54) is 4.90 Å². The lowest BCUT2D eigenvalue weighted by atomic mass is 10.00. The molecular weight excluding hydrogens is 259 g/mol. The van der Waals surface area contributed by atoms with E-state index in [1.54, 1.807) is 24.3 Å². The Morgan fingerprint density at radius 1 is 1.26 bits per heavy atom. The first-order valence-corrected chi connectivity index (χ1v) is 5.88. The number of carbonyl (C=O) groups is 2. The lowest BCUT2D eigenvalue weighted by Crippen LogP contribution is -2.37. The SMILES string of the molecule is O=C1CCN(C(=O)CCC(F)(F)F)c2ccccc21. The molecule has 1 heterocycles. The maximum Gasteiger partial charge on any atom is 0.389 e. The van der Waals surface area contributed by atoms with Gasteiger partial charge in [-0.2, -0.15) is 13.2 Å². The second-order valence-corrected chi connectivity index (χ2v) is 4.35. The molecule has 0 atom stereocenters. The molecular formula is C13H12F3NO2. The van der Waals surface area contributed by atoms with Crippen LogP contribution in [0.25, 0.3) is 0 Å². The maximum absolute atomic E-state index is 12.1. The fourth-order valence-corrected chi connectivity index (χ4v) is 2.06. The van der Waals surface area contributed by atoms with Gasteiger partial charge in [-0.05, 0) is 12.1 Å². The summed E-state index contributed by atoms with van der Waals surface area (Å²) in [5.74, 6) is -0.687. The zero-order valence-corrected chi connectivity index (χ0v) is 10.0. The van der Waals surface area contributed by atoms with Crippen LogP contribution in [0.1, 0.15) is 29.6 Å². The average Bonchev–Trinajstić information content (AvgIpc) is 2.36. The van der Waals surface area contributed by atoms with Gasteiger partial charge in [0.25, 0.3) is 0 Å². The largest absolute Gasteiger partial charge is 0.389 e. The Hall–Kier alpha value is -1.85. The second-order valence-electron chi connectivity index (χ2n) is 4.35. The Morgan fingerprint density at radius 2 is 1.95 bits per heavy atom. The van der Waals surface area contributed by atoms with Crippen molar-refractivity contribution in [2.75, 3.05) is 11.4 Å². The van der Waals surface area contributed by atoms with E-state index in [1.807, 2.05) is 0 Å². The lowest BCUT2D eigenvalue weighted by Gasteiger charge is -2.28. The van der Waals surface area contributed by atoms with E-state index in [2.05, 4.69) is 0 Å². The third-order valence-electron chi connectivity index (χ3n) is 2.98. The molecule has 0 spiro atoms. The third-order valence-corrected chi connectivity index (χ3v) is 2.98. The number of anilines is 1. The van der Waals surface area contributed by atoms with Gasteiger partial charge in [0, 0.05) is 24.9 Å². The Labute approximate surface area is 108 Å². The Kier molecular flexibility index (Phi) is 3.59. The second kappa shape index (κ2) is 5.03. The molecule has 1 aromatic rings. The molecule has 1 aromatic carbocycles. The molecule has 0 unspecified atom stereocenters. The van der Waals surface area contributed by atoms with Gasteiger partial charge in [-0.15, -0.1) is 0 Å². The minimum atomic E-state index is -4.35. The molecule has 0 bridgehead atoms. The number of para-hydroxylation sites is 1. The van der Waals surface area contributed by atoms with Crippen LogP contribution >= 0.6 is 0 Å². The van der Waals surface area contributed by atoms with E-state index in [4.69, 9.17) is 0 Å². The van der Waals surface area contributed by atoms with E-state index < -0.39 is 24.9 Å². The van der Waals surface area contributed by atoms with Crippen molar-refractivity contribution in [1.29, 1.82) is 0 Å². The van der Waals surface area contributed by atoms with E-state index >= 15 is 0 Å². The predicted molar refractivity (Wildman–Crippen MR) is 63.0 cm³/mol. The number of fused-ring (bicyclic) bond motifs is 1. The van der Waals surface area contributed by atoms with Gasteiger partial charge in [0.15, 0.2) is 5.78 Å². The topological polar surface area (TPSA) is 37.4 Å². The molecule has 0 radical (unpaired) electrons. The van der Waals surface area contributed by atoms with Crippen LogP contribution in [0, 0.1) is 0 Å². The highest BCUT2D eigenvalue weighted by Crippen LogP contribution is 2.29. The standard InChI is InChI=1S/C13H12F3NO2/c14-13(15,16)7-5-12(19)17-8-6-11(18)9-3-1-2-4-10(9)17/h1-4H,5-8H2. The third kappa shape index (κ3) is 3.13. The molecule has 0 N–H and O–H groups in total. The first-order chi connectivity index (χ1) is 8.88. The maximum atomic E-state index is 12.1. The summed E-state index contributed by atoms with van der Waals surface area (Å²) in [5.41, 5.74) is 0.806. The monoisotopic (exact) mass is 271 g/mol. The Morgan fingerprint density at radius 3 is 2.63 bits per heavy atom. The van der Waals surface area contributed by atoms with Crippen LogP contribution in [0.15, 0.2) is 24.3 Å². The fourth-order valence-electron chi connectivity index (χ4n) is 2.06. The number of amides is 1. The highest BCUT2D eigenvalue weighted by atomic mass is 19.4. The first-order valence-electron chi connectivity index (χ1n) is 5.88. The van der Waals surface area contributed by atoms with Crippen LogP contribution in [0.5, 0.6) is 0 Å². The smallest absolute Gasteiger partial charge is 0.311 e. The molecule has 0 aromatic heterocycles. The molecule has 102 valence electrons. The average molecular weight is 271 g/mol. The van der Waals surface area contributed by atoms with Crippen molar-refractivity contribution in [2.45, 2.75) is 25.4 Å². The van der Waals surface area contributed by atoms with Crippen LogP contribution in [0.2, 0.25) is 0 Å². The number of hydrogen-bond donors (Lipinski definition) is 0. The van der Waals surface area contributed by atoms with Crippen molar-refractivity contribution in [1.82, 2.24) is 0 Å². The predicted octanol–water partition coefficient (Wildman–Crippen LogP) is 2.95. The van der Waals surface area contributed by atoms with Gasteiger partial charge in [0.05, 0.1) is 12.1 Å². The van der Waals surface area contributed by atoms with Crippen LogP contribution in [0.3, 0.4) is 0 Å². The van der Waals surface area contributed by atoms with E-state index in [-0.39, 0.29) is 18.7 Å². The lowest BCUT2D eigenvalue weighted by molar-refractivity contribution is -0.143. The summed E-state index contributed by atoms with van der Waals surface area (Å²) in [6.07, 6.45) is -5.93. The van der Waals surface area contributed by atoms with Gasteiger partial charge in [0.1, 0.15) is 0 Å². The minimum Gasteiger partial charge on any atom is -0.311 e. The van der Waals surface area contributed by atoms with Gasteiger partial charge in [-0.25, -0.2) is 0 Å². The molecule has 6 heteroatoms. The van der Waals surface area contributed by atoms with Crippen LogP contribution in [0.4, 0.5) is 18.9 Å². The fraction of sp³-hybridized carbons (Fsp3) is 0.385. The number of ketones is 1. The summed E-state index contributed by atoms with van der Waals surface area (Å²) >= 11 is 0. The minimum absolute atomic E-state index is 0.0875. The number of carbonyl (C=O) groups excluding carboxylic acids is 2. The molecule has 1 aliphatic rings. The van der Waals surface area contributed by atoms with Crippen LogP contribution in [-0.4, -0.2) is 24.4 Å². The molecule has 0 fully saturated rings. The molecule has 0 aliphatic carbocycles. The van der Waals surface area contributed by atoms with Crippen molar-refractivity contribution in [2.24, 2.45) is 0 Å². The van der Waals surface area contributed by atoms with Gasteiger partial charge in [-0.1, -0.05) is 12.1 Å². The summed E-state index contributed by atoms with van der Waals surface area (Å²) in [7, 11) is 0. The Balaban J connectivity index is 2.16. The molecule has 19 heavy (non-hydrogen) atoms. The van der Waals surface area contributed by atoms with Crippen LogP contribution in [-0.2, 0) is 4.79 Å². The first kappa shape index (κ1) is 13.6. The molecule has 0 saturated heterocycles. The van der Waals surface area contributed by atoms with Gasteiger partial charge < -0.3 is 4.90 Å². The zero-order chi connectivity index (χ0) is 14.0. The van der Waals surface area contributed by atoms with Gasteiger partial charge in [0.2, 0.25) is 5.91 Å². The quantitative estimate of drug-likeness (QED) is 0.829. The molecule has 3 nitrogen and oxygen atoms in total. The van der Waals surface area contributed by atoms with Crippen molar-refractivity contribution in [3.8, 4) is 0 Å². The number of benzene rings is 1. The van der Waals surface area contributed by atoms with Crippen molar-refractivity contribution in [3.05, 3.63) is 29.8 Å². The number of rotatable bonds is 2. The van der Waals surface area contributed by atoms with Crippen LogP contribution < -0.4 is 4.90 Å². The summed E-state index contributed by atoms with van der Waals surface area (Å²) in [4.78, 5) is 24.7. The zero-order valence-electron chi connectivity index (χ0n) is 10.0. The van der Waals surface area contributed by atoms with Crippen molar-refractivity contribution < 1.29 is 22.8 Å². The highest BCUT2D eigenvalue weighted by Gasteiger charge is 2.31. The number of hydrogen-bond acceptors (Lipinski definition) is 2. The number of Topliss-reactive ketones (excluding diaryl/α,β-unsaturated/α-hetero) is 1. The highest BCUT2D eigenvalue weighted by molar-refractivity contribution is 6.08. The Bertz CT molecular complexity index is 511. The van der Waals surface area contributed by atoms with E-state index in [0.29, 0.717) is 11.3 Å². The summed E-state index contributed by atoms with van der Waals surface area (Å²) in [6, 6.07) is 6.49. The summed E-state index contributed by atoms with van der Waals surface area (Å²) < 4.78 is 36.3. The number of alkyl halides is 3. The molecule has 2 rings (SSSR count). The number of nitrogens with zero attached hydrogens (tertiary/aromatic N) is 1. The van der Waals surface area contributed by atoms with E-state index in [0.717, 1.165) is 0 Å². The normalized spacial score (nSPS) is 15.3. The summed E-state index contributed by atoms with van der Waals surface area (Å²) in [6.45, 7) is 0.145.